The minimum atomic E-state index is -3.70. The van der Waals surface area contributed by atoms with Gasteiger partial charge in [-0.25, -0.2) is 18.4 Å². The van der Waals surface area contributed by atoms with Crippen molar-refractivity contribution < 1.29 is 8.42 Å². The van der Waals surface area contributed by atoms with E-state index in [1.165, 1.54) is 4.31 Å². The second-order valence-corrected chi connectivity index (χ2v) is 11.7. The van der Waals surface area contributed by atoms with E-state index in [0.29, 0.717) is 31.2 Å². The van der Waals surface area contributed by atoms with Crippen LogP contribution in [0.2, 0.25) is 10.0 Å². The molecule has 0 N–H and O–H groups in total. The molecule has 5 aromatic rings. The minimum absolute atomic E-state index is 0.129. The third-order valence-electron chi connectivity index (χ3n) is 6.73. The van der Waals surface area contributed by atoms with Gasteiger partial charge in [0.15, 0.2) is 5.65 Å². The molecule has 6 rings (SSSR count). The Labute approximate surface area is 230 Å². The highest BCUT2D eigenvalue weighted by molar-refractivity contribution is 7.89. The van der Waals surface area contributed by atoms with Crippen LogP contribution in [0.3, 0.4) is 0 Å². The SMILES string of the molecule is O=S(=O)(c1ccccc1Cl)N1CCN(c2ncnc3c2c(-c2ccccc2)cn3-c2cccc(Cl)c2)CC1. The van der Waals surface area contributed by atoms with E-state index in [0.717, 1.165) is 33.7 Å². The zero-order valence-corrected chi connectivity index (χ0v) is 22.5. The summed E-state index contributed by atoms with van der Waals surface area (Å²) in [7, 11) is -3.70. The van der Waals surface area contributed by atoms with Crippen molar-refractivity contribution in [2.45, 2.75) is 4.90 Å². The van der Waals surface area contributed by atoms with Gasteiger partial charge in [0, 0.05) is 48.6 Å². The van der Waals surface area contributed by atoms with Crippen molar-refractivity contribution in [3.63, 3.8) is 0 Å². The fraction of sp³-hybridized carbons (Fsp3) is 0.143. The Bertz CT molecular complexity index is 1730. The molecule has 0 saturated carbocycles. The molecule has 2 aromatic heterocycles. The van der Waals surface area contributed by atoms with Crippen LogP contribution in [0.25, 0.3) is 27.8 Å². The van der Waals surface area contributed by atoms with E-state index in [-0.39, 0.29) is 9.92 Å². The third kappa shape index (κ3) is 4.43. The molecule has 192 valence electrons. The number of piperazine rings is 1. The molecular weight excluding hydrogens is 541 g/mol. The third-order valence-corrected chi connectivity index (χ3v) is 9.36. The highest BCUT2D eigenvalue weighted by Crippen LogP contribution is 2.37. The van der Waals surface area contributed by atoms with E-state index in [1.54, 1.807) is 30.6 Å². The van der Waals surface area contributed by atoms with Gasteiger partial charge in [-0.15, -0.1) is 0 Å². The number of sulfonamides is 1. The van der Waals surface area contributed by atoms with E-state index >= 15 is 0 Å². The molecule has 0 bridgehead atoms. The summed E-state index contributed by atoms with van der Waals surface area (Å²) in [6, 6.07) is 24.3. The molecule has 1 saturated heterocycles. The predicted octanol–water partition coefficient (Wildman–Crippen LogP) is 5.91. The van der Waals surface area contributed by atoms with Gasteiger partial charge in [0.2, 0.25) is 10.0 Å². The maximum Gasteiger partial charge on any atom is 0.244 e. The van der Waals surface area contributed by atoms with Crippen LogP contribution in [-0.2, 0) is 10.0 Å². The van der Waals surface area contributed by atoms with Crippen LogP contribution in [-0.4, -0.2) is 53.4 Å². The molecule has 38 heavy (non-hydrogen) atoms. The van der Waals surface area contributed by atoms with Crippen LogP contribution >= 0.6 is 23.2 Å². The number of nitrogens with zero attached hydrogens (tertiary/aromatic N) is 5. The maximum absolute atomic E-state index is 13.3. The lowest BCUT2D eigenvalue weighted by Crippen LogP contribution is -2.49. The van der Waals surface area contributed by atoms with Gasteiger partial charge in [0.25, 0.3) is 0 Å². The smallest absolute Gasteiger partial charge is 0.244 e. The lowest BCUT2D eigenvalue weighted by molar-refractivity contribution is 0.384. The Kier molecular flexibility index (Phi) is 6.57. The molecule has 0 aliphatic carbocycles. The molecule has 3 heterocycles. The molecule has 0 unspecified atom stereocenters. The second kappa shape index (κ2) is 10.0. The minimum Gasteiger partial charge on any atom is -0.353 e. The van der Waals surface area contributed by atoms with Gasteiger partial charge in [-0.3, -0.25) is 0 Å². The van der Waals surface area contributed by atoms with Crippen LogP contribution in [0.5, 0.6) is 0 Å². The van der Waals surface area contributed by atoms with Gasteiger partial charge in [0.05, 0.1) is 10.4 Å². The highest BCUT2D eigenvalue weighted by atomic mass is 35.5. The van der Waals surface area contributed by atoms with Crippen molar-refractivity contribution in [2.75, 3.05) is 31.1 Å². The molecule has 7 nitrogen and oxygen atoms in total. The second-order valence-electron chi connectivity index (χ2n) is 8.98. The number of benzene rings is 3. The molecule has 1 aliphatic rings. The Morgan fingerprint density at radius 3 is 2.26 bits per heavy atom. The van der Waals surface area contributed by atoms with Crippen LogP contribution < -0.4 is 4.90 Å². The van der Waals surface area contributed by atoms with Crippen molar-refractivity contribution in [3.8, 4) is 16.8 Å². The molecule has 0 spiro atoms. The molecule has 1 fully saturated rings. The van der Waals surface area contributed by atoms with Crippen LogP contribution in [0.15, 0.2) is 96.3 Å². The van der Waals surface area contributed by atoms with Crippen molar-refractivity contribution in [1.29, 1.82) is 0 Å². The van der Waals surface area contributed by atoms with Gasteiger partial charge in [-0.05, 0) is 35.9 Å². The maximum atomic E-state index is 13.3. The number of hydrogen-bond acceptors (Lipinski definition) is 5. The Morgan fingerprint density at radius 1 is 0.789 bits per heavy atom. The summed E-state index contributed by atoms with van der Waals surface area (Å²) in [6.07, 6.45) is 3.61. The topological polar surface area (TPSA) is 71.3 Å². The molecule has 0 radical (unpaired) electrons. The summed E-state index contributed by atoms with van der Waals surface area (Å²) in [5.41, 5.74) is 3.67. The van der Waals surface area contributed by atoms with Gasteiger partial charge in [-0.2, -0.15) is 4.31 Å². The normalized spacial score (nSPS) is 14.7. The first-order chi connectivity index (χ1) is 18.4. The van der Waals surface area contributed by atoms with E-state index in [4.69, 9.17) is 23.2 Å². The molecule has 1 aliphatic heterocycles. The van der Waals surface area contributed by atoms with Gasteiger partial charge < -0.3 is 9.47 Å². The number of aromatic nitrogens is 3. The largest absolute Gasteiger partial charge is 0.353 e. The summed E-state index contributed by atoms with van der Waals surface area (Å²) in [5.74, 6) is 0.768. The Hall–Kier alpha value is -3.43. The highest BCUT2D eigenvalue weighted by Gasteiger charge is 2.31. The van der Waals surface area contributed by atoms with E-state index < -0.39 is 10.0 Å². The van der Waals surface area contributed by atoms with Crippen LogP contribution in [0.1, 0.15) is 0 Å². The molecule has 0 atom stereocenters. The Balaban J connectivity index is 1.40. The monoisotopic (exact) mass is 563 g/mol. The predicted molar refractivity (Wildman–Crippen MR) is 152 cm³/mol. The summed E-state index contributed by atoms with van der Waals surface area (Å²) in [6.45, 7) is 1.59. The first kappa shape index (κ1) is 24.9. The zero-order chi connectivity index (χ0) is 26.3. The number of fused-ring (bicyclic) bond motifs is 1. The summed E-state index contributed by atoms with van der Waals surface area (Å²) in [4.78, 5) is 11.6. The van der Waals surface area contributed by atoms with E-state index in [1.807, 2.05) is 47.0 Å². The first-order valence-electron chi connectivity index (χ1n) is 12.1. The lowest BCUT2D eigenvalue weighted by atomic mass is 10.1. The van der Waals surface area contributed by atoms with Gasteiger partial charge in [0.1, 0.15) is 17.0 Å². The van der Waals surface area contributed by atoms with Gasteiger partial charge >= 0.3 is 0 Å². The summed E-state index contributed by atoms with van der Waals surface area (Å²) >= 11 is 12.5. The van der Waals surface area contributed by atoms with Crippen molar-refractivity contribution in [1.82, 2.24) is 18.8 Å². The average Bonchev–Trinajstić information content (AvgIpc) is 3.34. The first-order valence-corrected chi connectivity index (χ1v) is 14.3. The fourth-order valence-corrected chi connectivity index (χ4v) is 6.98. The molecular formula is C28H23Cl2N5O2S. The number of rotatable bonds is 5. The average molecular weight is 564 g/mol. The van der Waals surface area contributed by atoms with Crippen molar-refractivity contribution in [3.05, 3.63) is 101 Å². The van der Waals surface area contributed by atoms with Gasteiger partial charge in [-0.1, -0.05) is 71.7 Å². The standard InChI is InChI=1S/C28H23Cl2N5O2S/c29-21-9-6-10-22(17-21)35-18-23(20-7-2-1-3-8-20)26-27(31-19-32-28(26)35)33-13-15-34(16-14-33)38(36,37)25-12-5-4-11-24(25)30/h1-12,17-19H,13-16H2. The zero-order valence-electron chi connectivity index (χ0n) is 20.2. The molecule has 10 heteroatoms. The molecule has 0 amide bonds. The van der Waals surface area contributed by atoms with Crippen LogP contribution in [0, 0.1) is 0 Å². The summed E-state index contributed by atoms with van der Waals surface area (Å²) < 4.78 is 30.1. The summed E-state index contributed by atoms with van der Waals surface area (Å²) in [5, 5.41) is 1.76. The fourth-order valence-electron chi connectivity index (χ4n) is 4.88. The quantitative estimate of drug-likeness (QED) is 0.266. The lowest BCUT2D eigenvalue weighted by Gasteiger charge is -2.35. The van der Waals surface area contributed by atoms with E-state index in [9.17, 15) is 8.42 Å². The Morgan fingerprint density at radius 2 is 1.53 bits per heavy atom. The number of halogens is 2. The molecule has 3 aromatic carbocycles. The van der Waals surface area contributed by atoms with Crippen molar-refractivity contribution >= 4 is 50.1 Å². The van der Waals surface area contributed by atoms with E-state index in [2.05, 4.69) is 33.2 Å². The van der Waals surface area contributed by atoms with Crippen molar-refractivity contribution in [2.24, 2.45) is 0 Å². The number of hydrogen-bond donors (Lipinski definition) is 0. The van der Waals surface area contributed by atoms with Crippen LogP contribution in [0.4, 0.5) is 5.82 Å². The number of anilines is 1.